The van der Waals surface area contributed by atoms with Crippen molar-refractivity contribution in [3.63, 3.8) is 0 Å². The number of fused-ring (bicyclic) bond motifs is 1. The van der Waals surface area contributed by atoms with Crippen molar-refractivity contribution in [2.24, 2.45) is 0 Å². The van der Waals surface area contributed by atoms with Crippen LogP contribution in [0.1, 0.15) is 11.1 Å². The summed E-state index contributed by atoms with van der Waals surface area (Å²) >= 11 is 1.63. The van der Waals surface area contributed by atoms with E-state index in [4.69, 9.17) is 4.74 Å². The van der Waals surface area contributed by atoms with Gasteiger partial charge in [-0.25, -0.2) is 4.98 Å². The molecule has 1 aromatic heterocycles. The standard InChI is InChI=1S/C23H19N3O4S/c1-14-3-9-19-21(11-14)31-23(25-19)16-4-6-17(7-5-16)24-22(27)13-30-20-10-8-18(26(28)29)12-15(20)2/h3-12H,13H2,1-2H3,(H,24,27). The number of carbonyl (C=O) groups is 1. The Bertz CT molecular complexity index is 1280. The van der Waals surface area contributed by atoms with Gasteiger partial charge in [0, 0.05) is 23.4 Å². The minimum absolute atomic E-state index is 0.0161. The number of nitro groups is 1. The zero-order chi connectivity index (χ0) is 22.0. The van der Waals surface area contributed by atoms with Gasteiger partial charge >= 0.3 is 0 Å². The Balaban J connectivity index is 1.38. The van der Waals surface area contributed by atoms with Crippen molar-refractivity contribution in [2.45, 2.75) is 13.8 Å². The first-order valence-corrected chi connectivity index (χ1v) is 10.4. The fourth-order valence-corrected chi connectivity index (χ4v) is 4.17. The summed E-state index contributed by atoms with van der Waals surface area (Å²) in [6.45, 7) is 3.56. The van der Waals surface area contributed by atoms with Gasteiger partial charge in [0.2, 0.25) is 0 Å². The van der Waals surface area contributed by atoms with Crippen molar-refractivity contribution in [3.05, 3.63) is 81.9 Å². The summed E-state index contributed by atoms with van der Waals surface area (Å²) in [7, 11) is 0. The second-order valence-corrected chi connectivity index (χ2v) is 8.14. The van der Waals surface area contributed by atoms with Crippen LogP contribution in [0.25, 0.3) is 20.8 Å². The number of amides is 1. The summed E-state index contributed by atoms with van der Waals surface area (Å²) < 4.78 is 6.64. The van der Waals surface area contributed by atoms with Crippen LogP contribution in [-0.4, -0.2) is 22.4 Å². The maximum Gasteiger partial charge on any atom is 0.269 e. The summed E-state index contributed by atoms with van der Waals surface area (Å²) in [4.78, 5) is 27.2. The molecule has 0 atom stereocenters. The highest BCUT2D eigenvalue weighted by molar-refractivity contribution is 7.21. The van der Waals surface area contributed by atoms with Gasteiger partial charge in [-0.2, -0.15) is 0 Å². The van der Waals surface area contributed by atoms with Crippen molar-refractivity contribution < 1.29 is 14.5 Å². The number of ether oxygens (including phenoxy) is 1. The summed E-state index contributed by atoms with van der Waals surface area (Å²) in [5.74, 6) is 0.114. The third-order valence-electron chi connectivity index (χ3n) is 4.69. The van der Waals surface area contributed by atoms with Crippen LogP contribution in [0, 0.1) is 24.0 Å². The predicted molar refractivity (Wildman–Crippen MR) is 122 cm³/mol. The zero-order valence-electron chi connectivity index (χ0n) is 16.9. The molecule has 0 fully saturated rings. The van der Waals surface area contributed by atoms with Gasteiger partial charge in [-0.3, -0.25) is 14.9 Å². The van der Waals surface area contributed by atoms with E-state index in [-0.39, 0.29) is 18.2 Å². The maximum absolute atomic E-state index is 12.2. The van der Waals surface area contributed by atoms with Gasteiger partial charge in [-0.1, -0.05) is 6.07 Å². The smallest absolute Gasteiger partial charge is 0.269 e. The molecular formula is C23H19N3O4S. The van der Waals surface area contributed by atoms with Gasteiger partial charge in [0.15, 0.2) is 6.61 Å². The zero-order valence-corrected chi connectivity index (χ0v) is 17.7. The van der Waals surface area contributed by atoms with Crippen LogP contribution in [0.2, 0.25) is 0 Å². The molecule has 1 amide bonds. The molecule has 4 aromatic rings. The van der Waals surface area contributed by atoms with Crippen LogP contribution in [0.4, 0.5) is 11.4 Å². The molecule has 31 heavy (non-hydrogen) atoms. The lowest BCUT2D eigenvalue weighted by molar-refractivity contribution is -0.384. The summed E-state index contributed by atoms with van der Waals surface area (Å²) in [6.07, 6.45) is 0. The number of nitrogens with zero attached hydrogens (tertiary/aromatic N) is 2. The summed E-state index contributed by atoms with van der Waals surface area (Å²) in [6, 6.07) is 17.9. The number of benzene rings is 3. The first-order valence-electron chi connectivity index (χ1n) is 9.54. The second-order valence-electron chi connectivity index (χ2n) is 7.11. The van der Waals surface area contributed by atoms with Crippen LogP contribution in [0.3, 0.4) is 0 Å². The number of rotatable bonds is 6. The van der Waals surface area contributed by atoms with Crippen LogP contribution in [-0.2, 0) is 4.79 Å². The van der Waals surface area contributed by atoms with Gasteiger partial charge in [0.25, 0.3) is 11.6 Å². The number of anilines is 1. The average Bonchev–Trinajstić information content (AvgIpc) is 3.16. The topological polar surface area (TPSA) is 94.4 Å². The molecule has 3 aromatic carbocycles. The molecule has 4 rings (SSSR count). The highest BCUT2D eigenvalue weighted by atomic mass is 32.1. The number of non-ortho nitro benzene ring substituents is 1. The Morgan fingerprint density at radius 1 is 1.10 bits per heavy atom. The molecule has 0 aliphatic heterocycles. The van der Waals surface area contributed by atoms with E-state index in [0.717, 1.165) is 20.8 Å². The molecule has 156 valence electrons. The van der Waals surface area contributed by atoms with Crippen LogP contribution in [0.5, 0.6) is 5.75 Å². The van der Waals surface area contributed by atoms with Gasteiger partial charge in [0.05, 0.1) is 15.1 Å². The number of carbonyl (C=O) groups excluding carboxylic acids is 1. The number of thiazole rings is 1. The van der Waals surface area contributed by atoms with Gasteiger partial charge in [-0.05, 0) is 67.4 Å². The lowest BCUT2D eigenvalue weighted by Gasteiger charge is -2.10. The molecule has 0 radical (unpaired) electrons. The third kappa shape index (κ3) is 4.70. The molecule has 0 aliphatic rings. The van der Waals surface area contributed by atoms with Crippen molar-refractivity contribution in [3.8, 4) is 16.3 Å². The quantitative estimate of drug-likeness (QED) is 0.320. The number of nitro benzene ring substituents is 1. The Morgan fingerprint density at radius 2 is 1.87 bits per heavy atom. The number of hydrogen-bond acceptors (Lipinski definition) is 6. The highest BCUT2D eigenvalue weighted by Crippen LogP contribution is 2.31. The second kappa shape index (κ2) is 8.53. The fraction of sp³-hybridized carbons (Fsp3) is 0.130. The third-order valence-corrected chi connectivity index (χ3v) is 5.75. The minimum Gasteiger partial charge on any atom is -0.483 e. The maximum atomic E-state index is 12.2. The summed E-state index contributed by atoms with van der Waals surface area (Å²) in [5, 5.41) is 14.5. The molecule has 0 saturated carbocycles. The number of aryl methyl sites for hydroxylation is 2. The average molecular weight is 433 g/mol. The molecule has 7 nitrogen and oxygen atoms in total. The van der Waals surface area contributed by atoms with Crippen LogP contribution in [0.15, 0.2) is 60.7 Å². The van der Waals surface area contributed by atoms with E-state index in [1.807, 2.05) is 36.4 Å². The van der Waals surface area contributed by atoms with Crippen molar-refractivity contribution in [1.29, 1.82) is 0 Å². The Labute approximate surface area is 182 Å². The Kier molecular flexibility index (Phi) is 5.64. The molecule has 1 heterocycles. The minimum atomic E-state index is -0.470. The molecule has 0 aliphatic carbocycles. The molecule has 0 unspecified atom stereocenters. The van der Waals surface area contributed by atoms with Gasteiger partial charge < -0.3 is 10.1 Å². The normalized spacial score (nSPS) is 10.8. The Hall–Kier alpha value is -3.78. The van der Waals surface area contributed by atoms with E-state index >= 15 is 0 Å². The largest absolute Gasteiger partial charge is 0.483 e. The number of nitrogens with one attached hydrogen (secondary N) is 1. The predicted octanol–water partition coefficient (Wildman–Crippen LogP) is 5.51. The number of hydrogen-bond donors (Lipinski definition) is 1. The molecule has 1 N–H and O–H groups in total. The Morgan fingerprint density at radius 3 is 2.58 bits per heavy atom. The molecular weight excluding hydrogens is 414 g/mol. The SMILES string of the molecule is Cc1ccc2nc(-c3ccc(NC(=O)COc4ccc([N+](=O)[O-])cc4C)cc3)sc2c1. The van der Waals surface area contributed by atoms with Crippen molar-refractivity contribution in [1.82, 2.24) is 4.98 Å². The fourth-order valence-electron chi connectivity index (χ4n) is 3.10. The van der Waals surface area contributed by atoms with Gasteiger partial charge in [0.1, 0.15) is 10.8 Å². The van der Waals surface area contributed by atoms with Crippen LogP contribution >= 0.6 is 11.3 Å². The van der Waals surface area contributed by atoms with E-state index in [1.165, 1.54) is 23.8 Å². The van der Waals surface area contributed by atoms with E-state index in [1.54, 1.807) is 18.3 Å². The van der Waals surface area contributed by atoms with E-state index in [2.05, 4.69) is 23.3 Å². The lowest BCUT2D eigenvalue weighted by atomic mass is 10.2. The molecule has 8 heteroatoms. The van der Waals surface area contributed by atoms with E-state index in [0.29, 0.717) is 17.0 Å². The van der Waals surface area contributed by atoms with Crippen molar-refractivity contribution >= 4 is 38.8 Å². The monoisotopic (exact) mass is 433 g/mol. The van der Waals surface area contributed by atoms with Crippen molar-refractivity contribution in [2.75, 3.05) is 11.9 Å². The van der Waals surface area contributed by atoms with E-state index in [9.17, 15) is 14.9 Å². The molecule has 0 saturated heterocycles. The number of aromatic nitrogens is 1. The molecule has 0 spiro atoms. The lowest BCUT2D eigenvalue weighted by Crippen LogP contribution is -2.20. The van der Waals surface area contributed by atoms with E-state index < -0.39 is 4.92 Å². The van der Waals surface area contributed by atoms with Gasteiger partial charge in [-0.15, -0.1) is 11.3 Å². The molecule has 0 bridgehead atoms. The van der Waals surface area contributed by atoms with Crippen LogP contribution < -0.4 is 10.1 Å². The first kappa shape index (κ1) is 20.5. The highest BCUT2D eigenvalue weighted by Gasteiger charge is 2.11. The first-order chi connectivity index (χ1) is 14.9. The summed E-state index contributed by atoms with van der Waals surface area (Å²) in [5.41, 5.74) is 4.38.